The highest BCUT2D eigenvalue weighted by atomic mass is 16.2. The molecule has 6 heteroatoms. The smallest absolute Gasteiger partial charge is 0.273 e. The number of amides is 1. The topological polar surface area (TPSA) is 63.1 Å². The first kappa shape index (κ1) is 19.1. The fourth-order valence-electron chi connectivity index (χ4n) is 4.67. The number of carbonyl (C=O) groups is 1. The Bertz CT molecular complexity index is 768. The summed E-state index contributed by atoms with van der Waals surface area (Å²) in [5.74, 6) is 0.313. The number of carbonyl (C=O) groups excluding carboxylic acids is 1. The Hall–Kier alpha value is -2.21. The minimum absolute atomic E-state index is 0.0883. The van der Waals surface area contributed by atoms with E-state index < -0.39 is 0 Å². The van der Waals surface area contributed by atoms with Crippen LogP contribution in [0.15, 0.2) is 36.5 Å². The lowest BCUT2D eigenvalue weighted by Crippen LogP contribution is -2.50. The van der Waals surface area contributed by atoms with E-state index in [2.05, 4.69) is 51.8 Å². The van der Waals surface area contributed by atoms with Crippen molar-refractivity contribution < 1.29 is 4.79 Å². The molecule has 0 unspecified atom stereocenters. The Labute approximate surface area is 167 Å². The molecule has 1 aliphatic heterocycles. The molecule has 1 aliphatic carbocycles. The molecule has 6 nitrogen and oxygen atoms in total. The van der Waals surface area contributed by atoms with E-state index >= 15 is 0 Å². The number of aromatic nitrogens is 3. The lowest BCUT2D eigenvalue weighted by molar-refractivity contribution is 0.0868. The van der Waals surface area contributed by atoms with Crippen LogP contribution in [0.1, 0.15) is 60.6 Å². The predicted octanol–water partition coefficient (Wildman–Crippen LogP) is 3.08. The summed E-state index contributed by atoms with van der Waals surface area (Å²) in [7, 11) is 2.16. The van der Waals surface area contributed by atoms with Crippen molar-refractivity contribution in [3.8, 4) is 0 Å². The monoisotopic (exact) mass is 381 g/mol. The van der Waals surface area contributed by atoms with Crippen LogP contribution in [0.2, 0.25) is 0 Å². The largest absolute Gasteiger partial charge is 0.347 e. The fraction of sp³-hybridized carbons (Fsp3) is 0.591. The highest BCUT2D eigenvalue weighted by Crippen LogP contribution is 2.27. The molecule has 1 aromatic heterocycles. The zero-order chi connectivity index (χ0) is 19.3. The second-order valence-corrected chi connectivity index (χ2v) is 8.46. The standard InChI is InChI=1S/C22H31N5O/c1-26-13-12-20(18(15-26)14-17-8-4-2-5-9-17)23-22(28)21-16-27(25-24-21)19-10-6-3-7-11-19/h2,4-5,8-9,16,18-20H,3,6-7,10-15H2,1H3,(H,23,28)/t18-,20+/m1/s1. The van der Waals surface area contributed by atoms with Gasteiger partial charge in [0.1, 0.15) is 0 Å². The minimum atomic E-state index is -0.0883. The SMILES string of the molecule is CN1CC[C@H](NC(=O)c2cn(C3CCCCC3)nn2)[C@H](Cc2ccccc2)C1. The summed E-state index contributed by atoms with van der Waals surface area (Å²) in [5.41, 5.74) is 1.77. The lowest BCUT2D eigenvalue weighted by Gasteiger charge is -2.37. The molecule has 1 amide bonds. The minimum Gasteiger partial charge on any atom is -0.347 e. The van der Waals surface area contributed by atoms with Crippen LogP contribution < -0.4 is 5.32 Å². The van der Waals surface area contributed by atoms with Gasteiger partial charge in [-0.15, -0.1) is 5.10 Å². The van der Waals surface area contributed by atoms with Crippen molar-refractivity contribution in [3.05, 3.63) is 47.8 Å². The van der Waals surface area contributed by atoms with Gasteiger partial charge in [-0.2, -0.15) is 0 Å². The van der Waals surface area contributed by atoms with Gasteiger partial charge in [0.2, 0.25) is 0 Å². The van der Waals surface area contributed by atoms with E-state index in [1.807, 2.05) is 16.9 Å². The van der Waals surface area contributed by atoms with Gasteiger partial charge in [0.25, 0.3) is 5.91 Å². The van der Waals surface area contributed by atoms with Crippen LogP contribution in [0, 0.1) is 5.92 Å². The lowest BCUT2D eigenvalue weighted by atomic mass is 9.87. The van der Waals surface area contributed by atoms with Gasteiger partial charge in [-0.05, 0) is 50.8 Å². The van der Waals surface area contributed by atoms with E-state index in [1.165, 1.54) is 24.8 Å². The van der Waals surface area contributed by atoms with Crippen molar-refractivity contribution in [2.24, 2.45) is 5.92 Å². The molecule has 28 heavy (non-hydrogen) atoms. The predicted molar refractivity (Wildman–Crippen MR) is 109 cm³/mol. The summed E-state index contributed by atoms with van der Waals surface area (Å²) in [5, 5.41) is 11.7. The van der Waals surface area contributed by atoms with E-state index in [1.54, 1.807) is 0 Å². The summed E-state index contributed by atoms with van der Waals surface area (Å²) in [6.07, 6.45) is 9.84. The summed E-state index contributed by atoms with van der Waals surface area (Å²) in [4.78, 5) is 15.2. The number of likely N-dealkylation sites (tertiary alicyclic amines) is 1. The van der Waals surface area contributed by atoms with Gasteiger partial charge in [-0.3, -0.25) is 4.79 Å². The average molecular weight is 382 g/mol. The van der Waals surface area contributed by atoms with Crippen molar-refractivity contribution in [1.82, 2.24) is 25.2 Å². The van der Waals surface area contributed by atoms with Gasteiger partial charge in [-0.1, -0.05) is 54.8 Å². The molecule has 4 rings (SSSR count). The number of nitrogens with zero attached hydrogens (tertiary/aromatic N) is 4. The first-order valence-electron chi connectivity index (χ1n) is 10.6. The molecule has 0 spiro atoms. The molecule has 0 bridgehead atoms. The third kappa shape index (κ3) is 4.61. The zero-order valence-corrected chi connectivity index (χ0v) is 16.8. The van der Waals surface area contributed by atoms with Crippen molar-refractivity contribution in [1.29, 1.82) is 0 Å². The molecule has 2 atom stereocenters. The average Bonchev–Trinajstić information content (AvgIpc) is 3.22. The Morgan fingerprint density at radius 1 is 1.14 bits per heavy atom. The maximum atomic E-state index is 12.8. The first-order valence-corrected chi connectivity index (χ1v) is 10.6. The Morgan fingerprint density at radius 3 is 2.71 bits per heavy atom. The van der Waals surface area contributed by atoms with Gasteiger partial charge >= 0.3 is 0 Å². The molecule has 1 N–H and O–H groups in total. The van der Waals surface area contributed by atoms with Crippen LogP contribution in [0.3, 0.4) is 0 Å². The second-order valence-electron chi connectivity index (χ2n) is 8.46. The molecular formula is C22H31N5O. The molecule has 2 fully saturated rings. The molecule has 1 saturated heterocycles. The number of rotatable bonds is 5. The van der Waals surface area contributed by atoms with E-state index in [4.69, 9.17) is 0 Å². The molecule has 2 aromatic rings. The number of benzene rings is 1. The number of hydrogen-bond acceptors (Lipinski definition) is 4. The Balaban J connectivity index is 1.41. The van der Waals surface area contributed by atoms with E-state index in [-0.39, 0.29) is 11.9 Å². The maximum absolute atomic E-state index is 12.8. The van der Waals surface area contributed by atoms with Crippen molar-refractivity contribution in [2.45, 2.75) is 57.0 Å². The van der Waals surface area contributed by atoms with Crippen LogP contribution in [-0.2, 0) is 6.42 Å². The quantitative estimate of drug-likeness (QED) is 0.865. The van der Waals surface area contributed by atoms with Crippen LogP contribution >= 0.6 is 0 Å². The first-order chi connectivity index (χ1) is 13.7. The Morgan fingerprint density at radius 2 is 1.93 bits per heavy atom. The normalized spacial score (nSPS) is 24.2. The summed E-state index contributed by atoms with van der Waals surface area (Å²) >= 11 is 0. The van der Waals surface area contributed by atoms with Gasteiger partial charge in [-0.25, -0.2) is 4.68 Å². The number of piperidine rings is 1. The third-order valence-corrected chi connectivity index (χ3v) is 6.29. The number of hydrogen-bond donors (Lipinski definition) is 1. The van der Waals surface area contributed by atoms with E-state index in [0.29, 0.717) is 17.7 Å². The van der Waals surface area contributed by atoms with Gasteiger partial charge < -0.3 is 10.2 Å². The highest BCUT2D eigenvalue weighted by Gasteiger charge is 2.30. The zero-order valence-electron chi connectivity index (χ0n) is 16.8. The van der Waals surface area contributed by atoms with Gasteiger partial charge in [0.15, 0.2) is 5.69 Å². The molecule has 1 aromatic carbocycles. The van der Waals surface area contributed by atoms with Crippen molar-refractivity contribution >= 4 is 5.91 Å². The number of nitrogens with one attached hydrogen (secondary N) is 1. The van der Waals surface area contributed by atoms with E-state index in [9.17, 15) is 4.79 Å². The molecule has 2 heterocycles. The molecule has 150 valence electrons. The van der Waals surface area contributed by atoms with Crippen LogP contribution in [0.4, 0.5) is 0 Å². The van der Waals surface area contributed by atoms with Crippen LogP contribution in [0.25, 0.3) is 0 Å². The fourth-order valence-corrected chi connectivity index (χ4v) is 4.67. The molecule has 2 aliphatic rings. The molecule has 1 saturated carbocycles. The van der Waals surface area contributed by atoms with Gasteiger partial charge in [0.05, 0.1) is 12.2 Å². The molecular weight excluding hydrogens is 350 g/mol. The highest BCUT2D eigenvalue weighted by molar-refractivity contribution is 5.92. The Kier molecular flexibility index (Phi) is 6.05. The van der Waals surface area contributed by atoms with Crippen molar-refractivity contribution in [2.75, 3.05) is 20.1 Å². The maximum Gasteiger partial charge on any atom is 0.273 e. The second kappa shape index (κ2) is 8.86. The third-order valence-electron chi connectivity index (χ3n) is 6.29. The van der Waals surface area contributed by atoms with Gasteiger partial charge in [0, 0.05) is 12.6 Å². The summed E-state index contributed by atoms with van der Waals surface area (Å²) in [6, 6.07) is 11.1. The summed E-state index contributed by atoms with van der Waals surface area (Å²) < 4.78 is 1.91. The van der Waals surface area contributed by atoms with Crippen molar-refractivity contribution in [3.63, 3.8) is 0 Å². The summed E-state index contributed by atoms with van der Waals surface area (Å²) in [6.45, 7) is 2.00. The van der Waals surface area contributed by atoms with E-state index in [0.717, 1.165) is 38.8 Å². The van der Waals surface area contributed by atoms with Crippen LogP contribution in [-0.4, -0.2) is 52.0 Å². The molecule has 0 radical (unpaired) electrons. The van der Waals surface area contributed by atoms with Crippen LogP contribution in [0.5, 0.6) is 0 Å².